The molecule has 0 heterocycles. The second kappa shape index (κ2) is 5.99. The van der Waals surface area contributed by atoms with E-state index in [1.807, 2.05) is 20.8 Å². The molecule has 0 aromatic heterocycles. The van der Waals surface area contributed by atoms with Crippen molar-refractivity contribution in [3.8, 4) is 0 Å². The molecule has 0 bridgehead atoms. The van der Waals surface area contributed by atoms with E-state index in [2.05, 4.69) is 26.1 Å². The van der Waals surface area contributed by atoms with Crippen LogP contribution in [0.15, 0.2) is 0 Å². The molecule has 1 amide bonds. The summed E-state index contributed by atoms with van der Waals surface area (Å²) in [5, 5.41) is 2.91. The number of hydrogen-bond acceptors (Lipinski definition) is 2. The summed E-state index contributed by atoms with van der Waals surface area (Å²) in [6.45, 7) is 12.0. The van der Waals surface area contributed by atoms with Crippen LogP contribution in [0.3, 0.4) is 0 Å². The van der Waals surface area contributed by atoms with E-state index >= 15 is 0 Å². The second-order valence-corrected chi connectivity index (χ2v) is 5.05. The molecule has 0 saturated carbocycles. The fourth-order valence-electron chi connectivity index (χ4n) is 1.39. The Labute approximate surface area is 93.6 Å². The summed E-state index contributed by atoms with van der Waals surface area (Å²) >= 11 is 0. The van der Waals surface area contributed by atoms with Crippen molar-refractivity contribution in [1.82, 2.24) is 5.32 Å². The van der Waals surface area contributed by atoms with E-state index < -0.39 is 5.60 Å². The number of carbonyl (C=O) groups is 1. The van der Waals surface area contributed by atoms with Crippen LogP contribution in [0.4, 0.5) is 4.79 Å². The number of rotatable bonds is 4. The molecule has 90 valence electrons. The highest BCUT2D eigenvalue weighted by molar-refractivity contribution is 5.68. The van der Waals surface area contributed by atoms with Gasteiger partial charge < -0.3 is 10.1 Å². The first-order valence-corrected chi connectivity index (χ1v) is 5.79. The third-order valence-electron chi connectivity index (χ3n) is 2.47. The smallest absolute Gasteiger partial charge is 0.407 e. The topological polar surface area (TPSA) is 38.3 Å². The number of alkyl carbamates (subject to hydrolysis) is 1. The molecule has 0 rings (SSSR count). The van der Waals surface area contributed by atoms with Gasteiger partial charge in [-0.25, -0.2) is 4.79 Å². The van der Waals surface area contributed by atoms with Crippen LogP contribution in [-0.2, 0) is 4.74 Å². The van der Waals surface area contributed by atoms with Crippen molar-refractivity contribution in [3.05, 3.63) is 0 Å². The molecule has 0 saturated heterocycles. The molecule has 2 atom stereocenters. The lowest BCUT2D eigenvalue weighted by Crippen LogP contribution is -2.41. The first-order chi connectivity index (χ1) is 6.80. The van der Waals surface area contributed by atoms with E-state index in [1.54, 1.807) is 0 Å². The number of hydrogen-bond donors (Lipinski definition) is 1. The Hall–Kier alpha value is -0.730. The van der Waals surface area contributed by atoms with Gasteiger partial charge in [0.1, 0.15) is 5.60 Å². The molecular weight excluding hydrogens is 190 g/mol. The summed E-state index contributed by atoms with van der Waals surface area (Å²) in [6.07, 6.45) is 1.69. The molecule has 1 N–H and O–H groups in total. The Kier molecular flexibility index (Phi) is 5.69. The van der Waals surface area contributed by atoms with E-state index in [1.165, 1.54) is 0 Å². The molecule has 3 heteroatoms. The van der Waals surface area contributed by atoms with Crippen LogP contribution < -0.4 is 5.32 Å². The fourth-order valence-corrected chi connectivity index (χ4v) is 1.39. The third kappa shape index (κ3) is 6.37. The van der Waals surface area contributed by atoms with E-state index in [9.17, 15) is 4.79 Å². The molecule has 0 fully saturated rings. The minimum atomic E-state index is -0.419. The van der Waals surface area contributed by atoms with Gasteiger partial charge in [-0.05, 0) is 33.1 Å². The van der Waals surface area contributed by atoms with Gasteiger partial charge in [0.15, 0.2) is 0 Å². The predicted molar refractivity (Wildman–Crippen MR) is 62.9 cm³/mol. The van der Waals surface area contributed by atoms with Crippen molar-refractivity contribution in [2.75, 3.05) is 0 Å². The number of nitrogens with one attached hydrogen (secondary N) is 1. The Balaban J connectivity index is 4.13. The third-order valence-corrected chi connectivity index (χ3v) is 2.47. The average Bonchev–Trinajstić information content (AvgIpc) is 2.10. The summed E-state index contributed by atoms with van der Waals surface area (Å²) in [5.41, 5.74) is -0.419. The molecule has 0 aromatic rings. The van der Waals surface area contributed by atoms with Crippen molar-refractivity contribution in [3.63, 3.8) is 0 Å². The molecule has 0 aromatic carbocycles. The quantitative estimate of drug-likeness (QED) is 0.781. The largest absolute Gasteiger partial charge is 0.444 e. The Morgan fingerprint density at radius 1 is 1.27 bits per heavy atom. The first kappa shape index (κ1) is 14.3. The van der Waals surface area contributed by atoms with Crippen LogP contribution in [0.2, 0.25) is 0 Å². The molecule has 0 aliphatic carbocycles. The number of carbonyl (C=O) groups excluding carboxylic acids is 1. The monoisotopic (exact) mass is 215 g/mol. The van der Waals surface area contributed by atoms with Crippen LogP contribution >= 0.6 is 0 Å². The minimum absolute atomic E-state index is 0.213. The Bertz CT molecular complexity index is 196. The van der Waals surface area contributed by atoms with Gasteiger partial charge in [0, 0.05) is 6.04 Å². The van der Waals surface area contributed by atoms with Gasteiger partial charge in [-0.1, -0.05) is 27.2 Å². The first-order valence-electron chi connectivity index (χ1n) is 5.79. The SMILES string of the molecule is CCC(C)C(CC)NC(=O)OC(C)(C)C. The van der Waals surface area contributed by atoms with Crippen LogP contribution in [0.1, 0.15) is 54.4 Å². The number of amides is 1. The van der Waals surface area contributed by atoms with Crippen molar-refractivity contribution in [2.45, 2.75) is 66.0 Å². The van der Waals surface area contributed by atoms with Crippen molar-refractivity contribution < 1.29 is 9.53 Å². The highest BCUT2D eigenvalue weighted by Gasteiger charge is 2.21. The van der Waals surface area contributed by atoms with E-state index in [0.29, 0.717) is 5.92 Å². The van der Waals surface area contributed by atoms with Crippen molar-refractivity contribution in [2.24, 2.45) is 5.92 Å². The van der Waals surface area contributed by atoms with Crippen LogP contribution in [0, 0.1) is 5.92 Å². The lowest BCUT2D eigenvalue weighted by molar-refractivity contribution is 0.0485. The van der Waals surface area contributed by atoms with Crippen molar-refractivity contribution >= 4 is 6.09 Å². The minimum Gasteiger partial charge on any atom is -0.444 e. The normalized spacial score (nSPS) is 15.6. The summed E-state index contributed by atoms with van der Waals surface area (Å²) in [6, 6.07) is 0.213. The van der Waals surface area contributed by atoms with Crippen LogP contribution in [-0.4, -0.2) is 17.7 Å². The maximum absolute atomic E-state index is 11.5. The summed E-state index contributed by atoms with van der Waals surface area (Å²) in [7, 11) is 0. The van der Waals surface area contributed by atoms with Gasteiger partial charge in [0.25, 0.3) is 0 Å². The molecule has 0 aliphatic rings. The zero-order chi connectivity index (χ0) is 12.1. The van der Waals surface area contributed by atoms with Gasteiger partial charge in [0.05, 0.1) is 0 Å². The van der Waals surface area contributed by atoms with Gasteiger partial charge in [-0.15, -0.1) is 0 Å². The molecule has 3 nitrogen and oxygen atoms in total. The van der Waals surface area contributed by atoms with Gasteiger partial charge in [0.2, 0.25) is 0 Å². The van der Waals surface area contributed by atoms with Crippen LogP contribution in [0.25, 0.3) is 0 Å². The highest BCUT2D eigenvalue weighted by atomic mass is 16.6. The van der Waals surface area contributed by atoms with Gasteiger partial charge >= 0.3 is 6.09 Å². The van der Waals surface area contributed by atoms with Gasteiger partial charge in [-0.2, -0.15) is 0 Å². The summed E-state index contributed by atoms with van der Waals surface area (Å²) < 4.78 is 5.21. The van der Waals surface area contributed by atoms with Gasteiger partial charge in [-0.3, -0.25) is 0 Å². The average molecular weight is 215 g/mol. The highest BCUT2D eigenvalue weighted by Crippen LogP contribution is 2.12. The molecule has 0 radical (unpaired) electrons. The fraction of sp³-hybridized carbons (Fsp3) is 0.917. The van der Waals surface area contributed by atoms with E-state index in [-0.39, 0.29) is 12.1 Å². The Morgan fingerprint density at radius 3 is 2.13 bits per heavy atom. The number of ether oxygens (including phenoxy) is 1. The zero-order valence-electron chi connectivity index (χ0n) is 10.9. The maximum Gasteiger partial charge on any atom is 0.407 e. The maximum atomic E-state index is 11.5. The zero-order valence-corrected chi connectivity index (χ0v) is 10.9. The molecule has 0 spiro atoms. The molecule has 0 aliphatic heterocycles. The lowest BCUT2D eigenvalue weighted by atomic mass is 9.97. The Morgan fingerprint density at radius 2 is 1.80 bits per heavy atom. The molecule has 15 heavy (non-hydrogen) atoms. The van der Waals surface area contributed by atoms with E-state index in [0.717, 1.165) is 12.8 Å². The second-order valence-electron chi connectivity index (χ2n) is 5.05. The predicted octanol–water partition coefficient (Wildman–Crippen LogP) is 3.34. The lowest BCUT2D eigenvalue weighted by Gasteiger charge is -2.26. The van der Waals surface area contributed by atoms with E-state index in [4.69, 9.17) is 4.74 Å². The summed E-state index contributed by atoms with van der Waals surface area (Å²) in [5.74, 6) is 0.488. The standard InChI is InChI=1S/C12H25NO2/c1-7-9(3)10(8-2)13-11(14)15-12(4,5)6/h9-10H,7-8H2,1-6H3,(H,13,14). The van der Waals surface area contributed by atoms with Crippen molar-refractivity contribution in [1.29, 1.82) is 0 Å². The summed E-state index contributed by atoms with van der Waals surface area (Å²) in [4.78, 5) is 11.5. The molecular formula is C12H25NO2. The van der Waals surface area contributed by atoms with Crippen LogP contribution in [0.5, 0.6) is 0 Å². The molecule has 2 unspecified atom stereocenters.